The first-order valence-electron chi connectivity index (χ1n) is 5.39. The maximum atomic E-state index is 11.3. The third-order valence-corrected chi connectivity index (χ3v) is 3.36. The van der Waals surface area contributed by atoms with E-state index in [9.17, 15) is 19.7 Å². The molecule has 0 aliphatic heterocycles. The molecule has 2 aromatic heterocycles. The van der Waals surface area contributed by atoms with E-state index in [1.54, 1.807) is 0 Å². The van der Waals surface area contributed by atoms with Gasteiger partial charge < -0.3 is 5.43 Å². The van der Waals surface area contributed by atoms with Gasteiger partial charge in [-0.3, -0.25) is 29.5 Å². The van der Waals surface area contributed by atoms with Crippen LogP contribution in [0.4, 0.5) is 11.5 Å². The molecule has 0 unspecified atom stereocenters. The summed E-state index contributed by atoms with van der Waals surface area (Å²) in [6, 6.07) is 2.55. The van der Waals surface area contributed by atoms with Crippen LogP contribution in [0, 0.1) is 10.1 Å². The fraction of sp³-hybridized carbons (Fsp3) is 0.111. The molecule has 4 N–H and O–H groups in total. The number of hydrogen-bond acceptors (Lipinski definition) is 9. The number of hydrazine groups is 1. The molecule has 0 amide bonds. The average Bonchev–Trinajstić information content (AvgIpc) is 2.44. The highest BCUT2D eigenvalue weighted by Gasteiger charge is 2.19. The highest BCUT2D eigenvalue weighted by Crippen LogP contribution is 2.31. The minimum Gasteiger partial charge on any atom is -0.308 e. The first-order valence-corrected chi connectivity index (χ1v) is 6.21. The molecule has 0 aromatic carbocycles. The van der Waals surface area contributed by atoms with Gasteiger partial charge in [0.15, 0.2) is 10.2 Å². The molecule has 2 heterocycles. The molecule has 0 spiro atoms. The van der Waals surface area contributed by atoms with E-state index in [0.717, 1.165) is 11.8 Å². The molecule has 0 fully saturated rings. The van der Waals surface area contributed by atoms with Gasteiger partial charge in [-0.15, -0.1) is 0 Å². The van der Waals surface area contributed by atoms with Crippen LogP contribution in [0.15, 0.2) is 31.9 Å². The Morgan fingerprint density at radius 2 is 2.14 bits per heavy atom. The van der Waals surface area contributed by atoms with E-state index < -0.39 is 16.0 Å². The van der Waals surface area contributed by atoms with Crippen molar-refractivity contribution in [1.29, 1.82) is 0 Å². The van der Waals surface area contributed by atoms with Gasteiger partial charge in [-0.25, -0.2) is 10.8 Å². The molecular formula is C9H9N7O4S. The first-order chi connectivity index (χ1) is 9.92. The van der Waals surface area contributed by atoms with E-state index >= 15 is 0 Å². The summed E-state index contributed by atoms with van der Waals surface area (Å²) in [5, 5.41) is 13.2. The second kappa shape index (κ2) is 5.72. The van der Waals surface area contributed by atoms with Crippen molar-refractivity contribution in [2.45, 2.75) is 10.2 Å². The highest BCUT2D eigenvalue weighted by molar-refractivity contribution is 7.99. The number of aromatic nitrogens is 4. The quantitative estimate of drug-likeness (QED) is 0.284. The van der Waals surface area contributed by atoms with E-state index in [1.165, 1.54) is 23.9 Å². The molecule has 0 saturated heterocycles. The van der Waals surface area contributed by atoms with Gasteiger partial charge in [-0.2, -0.15) is 4.98 Å². The van der Waals surface area contributed by atoms with Crippen molar-refractivity contribution < 1.29 is 4.92 Å². The van der Waals surface area contributed by atoms with E-state index in [1.807, 2.05) is 0 Å². The zero-order chi connectivity index (χ0) is 15.6. The summed E-state index contributed by atoms with van der Waals surface area (Å²) >= 11 is 0.755. The number of pyridine rings is 1. The van der Waals surface area contributed by atoms with Gasteiger partial charge in [0.1, 0.15) is 5.82 Å². The number of nitro groups is 1. The molecule has 110 valence electrons. The minimum absolute atomic E-state index is 0.0231. The average molecular weight is 311 g/mol. The first kappa shape index (κ1) is 14.7. The lowest BCUT2D eigenvalue weighted by Crippen LogP contribution is -2.33. The Morgan fingerprint density at radius 3 is 2.76 bits per heavy atom. The van der Waals surface area contributed by atoms with Gasteiger partial charge in [-0.1, -0.05) is 0 Å². The number of aromatic amines is 1. The van der Waals surface area contributed by atoms with Crippen LogP contribution in [-0.4, -0.2) is 24.7 Å². The van der Waals surface area contributed by atoms with Gasteiger partial charge in [0.25, 0.3) is 0 Å². The number of rotatable bonds is 4. The molecule has 2 rings (SSSR count). The van der Waals surface area contributed by atoms with Crippen molar-refractivity contribution in [2.24, 2.45) is 12.9 Å². The third-order valence-electron chi connectivity index (χ3n) is 2.32. The van der Waals surface area contributed by atoms with Crippen molar-refractivity contribution in [3.63, 3.8) is 0 Å². The highest BCUT2D eigenvalue weighted by atomic mass is 32.2. The lowest BCUT2D eigenvalue weighted by atomic mass is 10.4. The molecule has 0 aliphatic carbocycles. The Labute approximate surface area is 120 Å². The Kier molecular flexibility index (Phi) is 4.00. The number of nitrogen functional groups attached to an aromatic ring is 1. The Balaban J connectivity index is 2.52. The van der Waals surface area contributed by atoms with Crippen molar-refractivity contribution in [3.05, 3.63) is 43.0 Å². The molecule has 0 bridgehead atoms. The largest absolute Gasteiger partial charge is 0.339 e. The number of nitrogens with zero attached hydrogens (tertiary/aromatic N) is 4. The Bertz CT molecular complexity index is 814. The van der Waals surface area contributed by atoms with Crippen LogP contribution in [0.1, 0.15) is 0 Å². The summed E-state index contributed by atoms with van der Waals surface area (Å²) in [7, 11) is 1.44. The summed E-state index contributed by atoms with van der Waals surface area (Å²) in [4.78, 5) is 40.2. The molecule has 2 aromatic rings. The van der Waals surface area contributed by atoms with Crippen LogP contribution in [0.25, 0.3) is 0 Å². The predicted octanol–water partition coefficient (Wildman–Crippen LogP) is -0.791. The van der Waals surface area contributed by atoms with E-state index in [4.69, 9.17) is 5.84 Å². The summed E-state index contributed by atoms with van der Waals surface area (Å²) in [6.45, 7) is 0. The number of hydrogen-bond donors (Lipinski definition) is 3. The summed E-state index contributed by atoms with van der Waals surface area (Å²) in [5.41, 5.74) is 0.101. The molecule has 0 saturated carbocycles. The van der Waals surface area contributed by atoms with E-state index in [-0.39, 0.29) is 21.7 Å². The van der Waals surface area contributed by atoms with Gasteiger partial charge in [0, 0.05) is 13.1 Å². The SMILES string of the molecule is Cn1[nH]c(=O)c(=O)nc1Sc1nc(NN)ccc1[N+](=O)[O-]. The van der Waals surface area contributed by atoms with Gasteiger partial charge >= 0.3 is 16.8 Å². The third kappa shape index (κ3) is 3.06. The second-order valence-corrected chi connectivity index (χ2v) is 4.68. The zero-order valence-corrected chi connectivity index (χ0v) is 11.4. The fourth-order valence-corrected chi connectivity index (χ4v) is 2.24. The summed E-state index contributed by atoms with van der Waals surface area (Å²) < 4.78 is 1.17. The Hall–Kier alpha value is -2.73. The molecular weight excluding hydrogens is 302 g/mol. The second-order valence-electron chi connectivity index (χ2n) is 3.72. The monoisotopic (exact) mass is 311 g/mol. The summed E-state index contributed by atoms with van der Waals surface area (Å²) in [6.07, 6.45) is 0. The van der Waals surface area contributed by atoms with Crippen LogP contribution >= 0.6 is 11.8 Å². The smallest absolute Gasteiger partial charge is 0.308 e. The molecule has 0 radical (unpaired) electrons. The summed E-state index contributed by atoms with van der Waals surface area (Å²) in [5.74, 6) is 5.41. The van der Waals surface area contributed by atoms with Crippen molar-refractivity contribution in [1.82, 2.24) is 19.7 Å². The van der Waals surface area contributed by atoms with E-state index in [2.05, 4.69) is 20.5 Å². The number of nitrogens with one attached hydrogen (secondary N) is 2. The maximum Gasteiger partial charge on any atom is 0.339 e. The zero-order valence-electron chi connectivity index (χ0n) is 10.6. The van der Waals surface area contributed by atoms with E-state index in [0.29, 0.717) is 0 Å². The van der Waals surface area contributed by atoms with Gasteiger partial charge in [0.05, 0.1) is 4.92 Å². The van der Waals surface area contributed by atoms with Crippen LogP contribution in [-0.2, 0) is 7.05 Å². The van der Waals surface area contributed by atoms with Crippen LogP contribution in [0.5, 0.6) is 0 Å². The minimum atomic E-state index is -0.994. The molecule has 12 heteroatoms. The number of nitrogens with two attached hydrogens (primary N) is 1. The van der Waals surface area contributed by atoms with Gasteiger partial charge in [0.2, 0.25) is 0 Å². The van der Waals surface area contributed by atoms with Gasteiger partial charge in [-0.05, 0) is 17.8 Å². The maximum absolute atomic E-state index is 11.3. The molecule has 0 atom stereocenters. The topological polar surface area (TPSA) is 162 Å². The Morgan fingerprint density at radius 1 is 1.43 bits per heavy atom. The van der Waals surface area contributed by atoms with Crippen molar-refractivity contribution >= 4 is 23.3 Å². The number of H-pyrrole nitrogens is 1. The van der Waals surface area contributed by atoms with Crippen LogP contribution in [0.3, 0.4) is 0 Å². The van der Waals surface area contributed by atoms with Crippen LogP contribution < -0.4 is 22.4 Å². The molecule has 0 aliphatic rings. The predicted molar refractivity (Wildman–Crippen MR) is 72.9 cm³/mol. The fourth-order valence-electron chi connectivity index (χ4n) is 1.37. The number of aryl methyl sites for hydroxylation is 1. The lowest BCUT2D eigenvalue weighted by molar-refractivity contribution is -0.388. The van der Waals surface area contributed by atoms with Crippen molar-refractivity contribution in [2.75, 3.05) is 5.43 Å². The van der Waals surface area contributed by atoms with Crippen LogP contribution in [0.2, 0.25) is 0 Å². The molecule has 11 nitrogen and oxygen atoms in total. The molecule has 21 heavy (non-hydrogen) atoms. The standard InChI is InChI=1S/C9H9N7O4S/c1-15-9(12-6(17)7(18)14-15)21-8-4(16(19)20)2-3-5(11-8)13-10/h2-3H,10H2,1H3,(H,11,13)(H,14,18). The lowest BCUT2D eigenvalue weighted by Gasteiger charge is -2.07. The normalized spacial score (nSPS) is 10.4. The number of anilines is 1. The van der Waals surface area contributed by atoms with Crippen molar-refractivity contribution in [3.8, 4) is 0 Å².